The Morgan fingerprint density at radius 1 is 1.43 bits per heavy atom. The standard InChI is InChI=1S/C16H14N2O4S/c1-21-13-7-10(4-5-12(13)19)8-14-15(20)18-16(23-14)17-9-11-3-2-6-22-11/h2-8,19H,9H2,1H3,(H,17,18,20)/b14-8-. The Bertz CT molecular complexity index is 781. The van der Waals surface area contributed by atoms with Gasteiger partial charge >= 0.3 is 0 Å². The molecule has 0 bridgehead atoms. The topological polar surface area (TPSA) is 84.1 Å². The molecule has 0 atom stereocenters. The summed E-state index contributed by atoms with van der Waals surface area (Å²) < 4.78 is 10.3. The fourth-order valence-corrected chi connectivity index (χ4v) is 2.81. The van der Waals surface area contributed by atoms with E-state index in [4.69, 9.17) is 9.15 Å². The van der Waals surface area contributed by atoms with Gasteiger partial charge in [0.25, 0.3) is 5.91 Å². The molecule has 2 heterocycles. The van der Waals surface area contributed by atoms with E-state index in [9.17, 15) is 9.90 Å². The van der Waals surface area contributed by atoms with Crippen molar-refractivity contribution >= 4 is 28.9 Å². The van der Waals surface area contributed by atoms with Crippen molar-refractivity contribution in [3.05, 3.63) is 52.8 Å². The van der Waals surface area contributed by atoms with Crippen LogP contribution in [0.4, 0.5) is 0 Å². The molecule has 3 rings (SSSR count). The highest BCUT2D eigenvalue weighted by Crippen LogP contribution is 2.30. The van der Waals surface area contributed by atoms with Gasteiger partial charge in [0, 0.05) is 0 Å². The molecule has 1 aromatic carbocycles. The van der Waals surface area contributed by atoms with Crippen LogP contribution in [0.15, 0.2) is 50.9 Å². The van der Waals surface area contributed by atoms with E-state index in [2.05, 4.69) is 10.3 Å². The first kappa shape index (κ1) is 15.2. The van der Waals surface area contributed by atoms with Crippen LogP contribution in [0, 0.1) is 0 Å². The summed E-state index contributed by atoms with van der Waals surface area (Å²) in [6, 6.07) is 8.50. The molecule has 6 nitrogen and oxygen atoms in total. The summed E-state index contributed by atoms with van der Waals surface area (Å²) in [6.07, 6.45) is 3.30. The number of nitrogens with one attached hydrogen (secondary N) is 1. The zero-order valence-electron chi connectivity index (χ0n) is 12.3. The fraction of sp³-hybridized carbons (Fsp3) is 0.125. The molecule has 7 heteroatoms. The van der Waals surface area contributed by atoms with Gasteiger partial charge in [-0.25, -0.2) is 0 Å². The zero-order valence-corrected chi connectivity index (χ0v) is 13.1. The molecule has 0 aliphatic carbocycles. The number of amidine groups is 1. The van der Waals surface area contributed by atoms with Crippen molar-refractivity contribution in [3.8, 4) is 11.5 Å². The van der Waals surface area contributed by atoms with E-state index in [1.165, 1.54) is 24.9 Å². The molecular formula is C16H14N2O4S. The van der Waals surface area contributed by atoms with Crippen molar-refractivity contribution in [2.24, 2.45) is 4.99 Å². The average Bonchev–Trinajstić information content (AvgIpc) is 3.17. The molecule has 1 aromatic heterocycles. The number of amides is 1. The van der Waals surface area contributed by atoms with Gasteiger partial charge in [-0.3, -0.25) is 9.79 Å². The number of phenolic OH excluding ortho intramolecular Hbond substituents is 1. The number of rotatable bonds is 4. The quantitative estimate of drug-likeness (QED) is 0.842. The minimum Gasteiger partial charge on any atom is -0.504 e. The summed E-state index contributed by atoms with van der Waals surface area (Å²) >= 11 is 1.26. The Labute approximate surface area is 136 Å². The number of aliphatic imine (C=N–C) groups is 1. The van der Waals surface area contributed by atoms with Crippen molar-refractivity contribution in [1.29, 1.82) is 0 Å². The molecule has 118 valence electrons. The number of ether oxygens (including phenoxy) is 1. The first-order chi connectivity index (χ1) is 11.2. The molecule has 2 aromatic rings. The summed E-state index contributed by atoms with van der Waals surface area (Å²) in [5.41, 5.74) is 0.754. The highest BCUT2D eigenvalue weighted by Gasteiger charge is 2.23. The monoisotopic (exact) mass is 330 g/mol. The normalized spacial score (nSPS) is 17.7. The van der Waals surface area contributed by atoms with Gasteiger partial charge in [-0.1, -0.05) is 6.07 Å². The van der Waals surface area contributed by atoms with E-state index in [1.54, 1.807) is 30.5 Å². The van der Waals surface area contributed by atoms with Gasteiger partial charge in [0.05, 0.1) is 24.8 Å². The van der Waals surface area contributed by atoms with Crippen LogP contribution in [0.25, 0.3) is 6.08 Å². The first-order valence-corrected chi connectivity index (χ1v) is 7.62. The van der Waals surface area contributed by atoms with Crippen LogP contribution in [0.3, 0.4) is 0 Å². The molecule has 1 saturated heterocycles. The Balaban J connectivity index is 1.75. The minimum atomic E-state index is -0.208. The maximum atomic E-state index is 12.0. The Hall–Kier alpha value is -2.67. The van der Waals surface area contributed by atoms with Crippen molar-refractivity contribution in [2.45, 2.75) is 6.54 Å². The zero-order chi connectivity index (χ0) is 16.2. The lowest BCUT2D eigenvalue weighted by Gasteiger charge is -2.03. The number of phenols is 1. The lowest BCUT2D eigenvalue weighted by Crippen LogP contribution is -2.19. The van der Waals surface area contributed by atoms with Crippen LogP contribution in [0.2, 0.25) is 0 Å². The summed E-state index contributed by atoms with van der Waals surface area (Å²) in [5, 5.41) is 12.8. The van der Waals surface area contributed by atoms with Gasteiger partial charge in [0.2, 0.25) is 0 Å². The summed E-state index contributed by atoms with van der Waals surface area (Å²) in [7, 11) is 1.47. The number of methoxy groups -OCH3 is 1. The second kappa shape index (κ2) is 6.62. The SMILES string of the molecule is COc1cc(/C=C2\SC(=NCc3ccco3)NC2=O)ccc1O. The largest absolute Gasteiger partial charge is 0.504 e. The van der Waals surface area contributed by atoms with Crippen LogP contribution < -0.4 is 10.1 Å². The Kier molecular flexibility index (Phi) is 4.38. The Morgan fingerprint density at radius 2 is 2.30 bits per heavy atom. The number of hydrogen-bond donors (Lipinski definition) is 2. The number of furan rings is 1. The highest BCUT2D eigenvalue weighted by molar-refractivity contribution is 8.18. The molecule has 0 spiro atoms. The molecule has 0 unspecified atom stereocenters. The predicted molar refractivity (Wildman–Crippen MR) is 88.2 cm³/mol. The van der Waals surface area contributed by atoms with Crippen LogP contribution in [0.5, 0.6) is 11.5 Å². The number of carbonyl (C=O) groups is 1. The molecule has 2 N–H and O–H groups in total. The van der Waals surface area contributed by atoms with Crippen LogP contribution in [-0.4, -0.2) is 23.3 Å². The predicted octanol–water partition coefficient (Wildman–Crippen LogP) is 2.75. The highest BCUT2D eigenvalue weighted by atomic mass is 32.2. The average molecular weight is 330 g/mol. The maximum absolute atomic E-state index is 12.0. The van der Waals surface area contributed by atoms with E-state index >= 15 is 0 Å². The van der Waals surface area contributed by atoms with Crippen molar-refractivity contribution < 1.29 is 19.1 Å². The summed E-state index contributed by atoms with van der Waals surface area (Å²) in [5.74, 6) is 0.932. The molecule has 23 heavy (non-hydrogen) atoms. The molecular weight excluding hydrogens is 316 g/mol. The van der Waals surface area contributed by atoms with Gasteiger partial charge in [-0.15, -0.1) is 0 Å². The lowest BCUT2D eigenvalue weighted by molar-refractivity contribution is -0.115. The van der Waals surface area contributed by atoms with Gasteiger partial charge in [-0.05, 0) is 47.7 Å². The smallest absolute Gasteiger partial charge is 0.264 e. The second-order valence-electron chi connectivity index (χ2n) is 4.70. The second-order valence-corrected chi connectivity index (χ2v) is 5.73. The number of nitrogens with zero attached hydrogens (tertiary/aromatic N) is 1. The third-order valence-electron chi connectivity index (χ3n) is 3.11. The van der Waals surface area contributed by atoms with Crippen molar-refractivity contribution in [1.82, 2.24) is 5.32 Å². The molecule has 1 fully saturated rings. The minimum absolute atomic E-state index is 0.0545. The fourth-order valence-electron chi connectivity index (χ4n) is 1.99. The summed E-state index contributed by atoms with van der Waals surface area (Å²) in [6.45, 7) is 0.371. The van der Waals surface area contributed by atoms with Gasteiger partial charge in [0.1, 0.15) is 5.76 Å². The molecule has 0 saturated carbocycles. The van der Waals surface area contributed by atoms with E-state index < -0.39 is 0 Å². The van der Waals surface area contributed by atoms with Crippen LogP contribution in [-0.2, 0) is 11.3 Å². The van der Waals surface area contributed by atoms with Crippen molar-refractivity contribution in [3.63, 3.8) is 0 Å². The van der Waals surface area contributed by atoms with Gasteiger partial charge in [-0.2, -0.15) is 0 Å². The van der Waals surface area contributed by atoms with Crippen molar-refractivity contribution in [2.75, 3.05) is 7.11 Å². The van der Waals surface area contributed by atoms with Crippen LogP contribution >= 0.6 is 11.8 Å². The number of hydrogen-bond acceptors (Lipinski definition) is 6. The first-order valence-electron chi connectivity index (χ1n) is 6.80. The molecule has 1 aliphatic rings. The van der Waals surface area contributed by atoms with Crippen LogP contribution in [0.1, 0.15) is 11.3 Å². The number of aromatic hydroxyl groups is 1. The third kappa shape index (κ3) is 3.57. The number of carbonyl (C=O) groups excluding carboxylic acids is 1. The van der Waals surface area contributed by atoms with E-state index in [0.29, 0.717) is 22.4 Å². The summed E-state index contributed by atoms with van der Waals surface area (Å²) in [4.78, 5) is 16.8. The number of benzene rings is 1. The molecule has 1 amide bonds. The van der Waals surface area contributed by atoms with Gasteiger partial charge in [0.15, 0.2) is 16.7 Å². The van der Waals surface area contributed by atoms with E-state index in [1.807, 2.05) is 6.07 Å². The Morgan fingerprint density at radius 3 is 3.04 bits per heavy atom. The van der Waals surface area contributed by atoms with E-state index in [-0.39, 0.29) is 11.7 Å². The third-order valence-corrected chi connectivity index (χ3v) is 4.06. The van der Waals surface area contributed by atoms with Gasteiger partial charge < -0.3 is 19.6 Å². The molecule has 0 radical (unpaired) electrons. The van der Waals surface area contributed by atoms with E-state index in [0.717, 1.165) is 11.3 Å². The molecule has 1 aliphatic heterocycles. The maximum Gasteiger partial charge on any atom is 0.264 e. The number of thioether (sulfide) groups is 1. The lowest BCUT2D eigenvalue weighted by atomic mass is 10.2.